The molecule has 1 N–H and O–H groups in total. The fourth-order valence-corrected chi connectivity index (χ4v) is 3.64. The number of hydrogen-bond donors (Lipinski definition) is 1. The number of carbonyl (C=O) groups is 1. The number of anilines is 1. The smallest absolute Gasteiger partial charge is 0.256 e. The van der Waals surface area contributed by atoms with Gasteiger partial charge in [-0.1, -0.05) is 41.6 Å². The van der Waals surface area contributed by atoms with Crippen molar-refractivity contribution in [1.82, 2.24) is 4.98 Å². The van der Waals surface area contributed by atoms with Crippen molar-refractivity contribution >= 4 is 23.4 Å². The lowest BCUT2D eigenvalue weighted by molar-refractivity contribution is -0.113. The third-order valence-corrected chi connectivity index (χ3v) is 5.39. The molecular formula is C22H24N2O2S. The maximum Gasteiger partial charge on any atom is 0.256 e. The summed E-state index contributed by atoms with van der Waals surface area (Å²) in [7, 11) is 0. The zero-order valence-electron chi connectivity index (χ0n) is 16.3. The molecule has 4 nitrogen and oxygen atoms in total. The number of hydrogen-bond acceptors (Lipinski definition) is 4. The maximum atomic E-state index is 12.3. The molecule has 3 rings (SSSR count). The van der Waals surface area contributed by atoms with Crippen LogP contribution >= 0.6 is 11.8 Å². The first kappa shape index (κ1) is 19.2. The van der Waals surface area contributed by atoms with E-state index in [4.69, 9.17) is 4.42 Å². The van der Waals surface area contributed by atoms with Crippen LogP contribution in [0, 0.1) is 34.6 Å². The Morgan fingerprint density at radius 1 is 1.00 bits per heavy atom. The molecule has 0 unspecified atom stereocenters. The number of nitrogens with zero attached hydrogens (tertiary/aromatic N) is 1. The van der Waals surface area contributed by atoms with E-state index in [2.05, 4.69) is 55.3 Å². The molecule has 1 amide bonds. The highest BCUT2D eigenvalue weighted by Crippen LogP contribution is 2.27. The van der Waals surface area contributed by atoms with Crippen molar-refractivity contribution in [2.24, 2.45) is 0 Å². The molecule has 0 spiro atoms. The van der Waals surface area contributed by atoms with Gasteiger partial charge in [-0.25, -0.2) is 4.98 Å². The molecule has 0 saturated carbocycles. The molecule has 0 saturated heterocycles. The molecular weight excluding hydrogens is 356 g/mol. The van der Waals surface area contributed by atoms with Crippen LogP contribution in [-0.2, 0) is 4.79 Å². The molecule has 140 valence electrons. The quantitative estimate of drug-likeness (QED) is 0.584. The van der Waals surface area contributed by atoms with E-state index in [1.807, 2.05) is 19.9 Å². The number of oxazole rings is 1. The average molecular weight is 381 g/mol. The van der Waals surface area contributed by atoms with E-state index in [0.29, 0.717) is 11.0 Å². The van der Waals surface area contributed by atoms with E-state index < -0.39 is 0 Å². The van der Waals surface area contributed by atoms with Crippen LogP contribution in [0.2, 0.25) is 0 Å². The highest BCUT2D eigenvalue weighted by molar-refractivity contribution is 7.99. The molecule has 0 bridgehead atoms. The minimum absolute atomic E-state index is 0.0685. The lowest BCUT2D eigenvalue weighted by Crippen LogP contribution is -2.15. The van der Waals surface area contributed by atoms with E-state index in [-0.39, 0.29) is 11.7 Å². The summed E-state index contributed by atoms with van der Waals surface area (Å²) in [5, 5.41) is 3.49. The molecule has 1 aromatic heterocycles. The second kappa shape index (κ2) is 8.01. The van der Waals surface area contributed by atoms with Crippen molar-refractivity contribution in [3.05, 3.63) is 64.3 Å². The Balaban J connectivity index is 1.63. The fraction of sp³-hybridized carbons (Fsp3) is 0.273. The van der Waals surface area contributed by atoms with Gasteiger partial charge < -0.3 is 9.73 Å². The van der Waals surface area contributed by atoms with Crippen molar-refractivity contribution in [2.45, 2.75) is 39.8 Å². The minimum atomic E-state index is -0.0685. The van der Waals surface area contributed by atoms with Gasteiger partial charge in [0.05, 0.1) is 11.9 Å². The molecule has 0 aliphatic rings. The van der Waals surface area contributed by atoms with Crippen molar-refractivity contribution in [1.29, 1.82) is 0 Å². The number of benzene rings is 2. The van der Waals surface area contributed by atoms with Crippen LogP contribution in [0.1, 0.15) is 27.8 Å². The third-order valence-electron chi connectivity index (χ3n) is 4.54. The van der Waals surface area contributed by atoms with Gasteiger partial charge in [0.15, 0.2) is 5.76 Å². The van der Waals surface area contributed by atoms with Crippen LogP contribution in [0.3, 0.4) is 0 Å². The zero-order chi connectivity index (χ0) is 19.6. The number of aryl methyl sites for hydroxylation is 5. The van der Waals surface area contributed by atoms with Crippen LogP contribution in [0.5, 0.6) is 0 Å². The van der Waals surface area contributed by atoms with Gasteiger partial charge in [0.2, 0.25) is 5.91 Å². The molecule has 5 heteroatoms. The summed E-state index contributed by atoms with van der Waals surface area (Å²) >= 11 is 1.30. The third kappa shape index (κ3) is 4.61. The maximum absolute atomic E-state index is 12.3. The Labute approximate surface area is 164 Å². The molecule has 1 heterocycles. The van der Waals surface area contributed by atoms with Gasteiger partial charge in [-0.2, -0.15) is 0 Å². The predicted molar refractivity (Wildman–Crippen MR) is 111 cm³/mol. The Morgan fingerprint density at radius 3 is 2.37 bits per heavy atom. The SMILES string of the molecule is Cc1cc(C)c(NC(=O)CSc2ncc(-c3ccc(C)c(C)c3)o2)c(C)c1. The van der Waals surface area contributed by atoms with Gasteiger partial charge in [0, 0.05) is 11.3 Å². The van der Waals surface area contributed by atoms with Crippen molar-refractivity contribution < 1.29 is 9.21 Å². The Bertz CT molecular complexity index is 969. The summed E-state index contributed by atoms with van der Waals surface area (Å²) in [5.41, 5.74) is 7.66. The summed E-state index contributed by atoms with van der Waals surface area (Å²) in [6, 6.07) is 10.3. The minimum Gasteiger partial charge on any atom is -0.431 e. The van der Waals surface area contributed by atoms with Crippen molar-refractivity contribution in [2.75, 3.05) is 11.1 Å². The molecule has 0 fully saturated rings. The lowest BCUT2D eigenvalue weighted by atomic mass is 10.1. The van der Waals surface area contributed by atoms with Crippen LogP contribution in [0.4, 0.5) is 5.69 Å². The monoisotopic (exact) mass is 380 g/mol. The molecule has 0 aliphatic heterocycles. The van der Waals surface area contributed by atoms with E-state index in [9.17, 15) is 4.79 Å². The number of rotatable bonds is 5. The van der Waals surface area contributed by atoms with Gasteiger partial charge in [0.1, 0.15) is 0 Å². The fourth-order valence-electron chi connectivity index (χ4n) is 3.03. The predicted octanol–water partition coefficient (Wildman–Crippen LogP) is 5.61. The zero-order valence-corrected chi connectivity index (χ0v) is 17.2. The van der Waals surface area contributed by atoms with Crippen LogP contribution in [-0.4, -0.2) is 16.6 Å². The molecule has 3 aromatic rings. The summed E-state index contributed by atoms with van der Waals surface area (Å²) in [6.45, 7) is 10.2. The van der Waals surface area contributed by atoms with E-state index >= 15 is 0 Å². The second-order valence-electron chi connectivity index (χ2n) is 6.90. The first-order valence-corrected chi connectivity index (χ1v) is 9.86. The number of nitrogens with one attached hydrogen (secondary N) is 1. The highest BCUT2D eigenvalue weighted by Gasteiger charge is 2.12. The second-order valence-corrected chi connectivity index (χ2v) is 7.83. The standard InChI is InChI=1S/C22H24N2O2S/c1-13-8-16(4)21(17(5)9-13)24-20(25)12-27-22-23-11-19(26-22)18-7-6-14(2)15(3)10-18/h6-11H,12H2,1-5H3,(H,24,25). The molecule has 0 radical (unpaired) electrons. The summed E-state index contributed by atoms with van der Waals surface area (Å²) in [6.07, 6.45) is 1.71. The lowest BCUT2D eigenvalue weighted by Gasteiger charge is -2.12. The Hall–Kier alpha value is -2.53. The molecule has 27 heavy (non-hydrogen) atoms. The normalized spacial score (nSPS) is 10.9. The highest BCUT2D eigenvalue weighted by atomic mass is 32.2. The topological polar surface area (TPSA) is 55.1 Å². The van der Waals surface area contributed by atoms with Crippen LogP contribution < -0.4 is 5.32 Å². The molecule has 0 aliphatic carbocycles. The van der Waals surface area contributed by atoms with Gasteiger partial charge in [-0.3, -0.25) is 4.79 Å². The van der Waals surface area contributed by atoms with E-state index in [0.717, 1.165) is 22.4 Å². The van der Waals surface area contributed by atoms with Gasteiger partial charge in [-0.05, 0) is 62.9 Å². The van der Waals surface area contributed by atoms with Crippen LogP contribution in [0.15, 0.2) is 46.2 Å². The number of amides is 1. The van der Waals surface area contributed by atoms with Crippen molar-refractivity contribution in [3.8, 4) is 11.3 Å². The van der Waals surface area contributed by atoms with Crippen molar-refractivity contribution in [3.63, 3.8) is 0 Å². The van der Waals surface area contributed by atoms with Gasteiger partial charge >= 0.3 is 0 Å². The summed E-state index contributed by atoms with van der Waals surface area (Å²) in [5.74, 6) is 0.895. The number of aromatic nitrogens is 1. The first-order valence-electron chi connectivity index (χ1n) is 8.87. The van der Waals surface area contributed by atoms with Gasteiger partial charge in [-0.15, -0.1) is 0 Å². The Kier molecular flexibility index (Phi) is 5.71. The number of carbonyl (C=O) groups excluding carboxylic acids is 1. The number of thioether (sulfide) groups is 1. The average Bonchev–Trinajstić information content (AvgIpc) is 3.07. The largest absolute Gasteiger partial charge is 0.431 e. The molecule has 0 atom stereocenters. The van der Waals surface area contributed by atoms with Gasteiger partial charge in [0.25, 0.3) is 5.22 Å². The summed E-state index contributed by atoms with van der Waals surface area (Å²) < 4.78 is 5.80. The molecule has 2 aromatic carbocycles. The van der Waals surface area contributed by atoms with Crippen LogP contribution in [0.25, 0.3) is 11.3 Å². The first-order chi connectivity index (χ1) is 12.8. The Morgan fingerprint density at radius 2 is 1.70 bits per heavy atom. The van der Waals surface area contributed by atoms with E-state index in [1.54, 1.807) is 6.20 Å². The summed E-state index contributed by atoms with van der Waals surface area (Å²) in [4.78, 5) is 16.6. The van der Waals surface area contributed by atoms with E-state index in [1.165, 1.54) is 28.5 Å².